The number of hydrogen-bond acceptors (Lipinski definition) is 4. The average Bonchev–Trinajstić information content (AvgIpc) is 3.31. The highest BCUT2D eigenvalue weighted by Gasteiger charge is 2.58. The Balaban J connectivity index is 1.16. The summed E-state index contributed by atoms with van der Waals surface area (Å²) in [7, 11) is 0. The van der Waals surface area contributed by atoms with Crippen LogP contribution in [0.5, 0.6) is 5.75 Å². The van der Waals surface area contributed by atoms with E-state index in [1.54, 1.807) is 36.4 Å². The number of ether oxygens (including phenoxy) is 1. The quantitative estimate of drug-likeness (QED) is 0.411. The molecule has 0 spiro atoms. The molecule has 10 heteroatoms. The van der Waals surface area contributed by atoms with Crippen molar-refractivity contribution >= 4 is 11.9 Å². The zero-order valence-corrected chi connectivity index (χ0v) is 22.2. The summed E-state index contributed by atoms with van der Waals surface area (Å²) in [6.07, 6.45) is -3.06. The lowest BCUT2D eigenvalue weighted by atomic mass is 9.67. The minimum absolute atomic E-state index is 0.0958. The number of carbonyl (C=O) groups excluding carboxylic acids is 1. The van der Waals surface area contributed by atoms with Crippen molar-refractivity contribution in [1.29, 1.82) is 0 Å². The molecule has 2 saturated heterocycles. The molecule has 1 saturated carbocycles. The second-order valence-corrected chi connectivity index (χ2v) is 11.4. The molecular weight excluding hydrogens is 528 g/mol. The molecule has 0 radical (unpaired) electrons. The number of rotatable bonds is 8. The number of nitrogens with zero attached hydrogens (tertiary/aromatic N) is 2. The Morgan fingerprint density at radius 3 is 2.30 bits per heavy atom. The molecule has 3 fully saturated rings. The molecule has 1 N–H and O–H groups in total. The van der Waals surface area contributed by atoms with Gasteiger partial charge in [0.15, 0.2) is 0 Å². The van der Waals surface area contributed by atoms with Crippen LogP contribution in [0.4, 0.5) is 17.6 Å². The smallest absolute Gasteiger partial charge is 0.395 e. The maximum atomic E-state index is 14.0. The van der Waals surface area contributed by atoms with E-state index in [1.807, 2.05) is 17.0 Å². The number of alkyl halides is 4. The molecule has 0 aromatic heterocycles. The van der Waals surface area contributed by atoms with Crippen molar-refractivity contribution in [1.82, 2.24) is 9.80 Å². The highest BCUT2D eigenvalue weighted by Crippen LogP contribution is 2.53. The van der Waals surface area contributed by atoms with Gasteiger partial charge in [0.2, 0.25) is 0 Å². The van der Waals surface area contributed by atoms with Gasteiger partial charge in [-0.2, -0.15) is 13.2 Å². The van der Waals surface area contributed by atoms with E-state index in [4.69, 9.17) is 4.74 Å². The van der Waals surface area contributed by atoms with Crippen LogP contribution in [0.1, 0.15) is 48.9 Å². The Morgan fingerprint density at radius 1 is 1.02 bits per heavy atom. The molecule has 2 aromatic carbocycles. The third kappa shape index (κ3) is 5.82. The summed E-state index contributed by atoms with van der Waals surface area (Å²) in [5, 5.41) is 9.44. The first-order valence-electron chi connectivity index (χ1n) is 13.9. The minimum Gasteiger partial charge on any atom is -0.493 e. The molecule has 0 bridgehead atoms. The highest BCUT2D eigenvalue weighted by molar-refractivity contribution is 6.02. The fourth-order valence-electron chi connectivity index (χ4n) is 6.14. The van der Waals surface area contributed by atoms with E-state index in [0.29, 0.717) is 43.0 Å². The van der Waals surface area contributed by atoms with Crippen LogP contribution in [0.25, 0.3) is 11.1 Å². The lowest BCUT2D eigenvalue weighted by molar-refractivity contribution is -0.256. The largest absolute Gasteiger partial charge is 0.493 e. The van der Waals surface area contributed by atoms with E-state index in [-0.39, 0.29) is 38.3 Å². The number of aliphatic carboxylic acids is 1. The summed E-state index contributed by atoms with van der Waals surface area (Å²) < 4.78 is 60.5. The zero-order valence-electron chi connectivity index (χ0n) is 22.2. The van der Waals surface area contributed by atoms with Crippen molar-refractivity contribution in [2.24, 2.45) is 11.3 Å². The summed E-state index contributed by atoms with van der Waals surface area (Å²) in [4.78, 5) is 27.8. The standard InChI is InChI=1S/C30H34F4N2O4/c31-22-16-26(28(38)39)36(17-22)27(37)25-5-2-1-4-24(25)21-6-8-23(9-7-21)40-18-20-10-14-35(15-11-20)19-29(12-3-13-29)30(32,33)34/h1-2,4-9,20,22,26H,3,10-19H2,(H,38,39)/t22-,26-/m0/s1. The summed E-state index contributed by atoms with van der Waals surface area (Å²) in [6, 6.07) is 12.9. The fourth-order valence-corrected chi connectivity index (χ4v) is 6.14. The summed E-state index contributed by atoms with van der Waals surface area (Å²) in [5.41, 5.74) is 0.129. The van der Waals surface area contributed by atoms with Gasteiger partial charge in [-0.3, -0.25) is 4.79 Å². The number of piperidine rings is 1. The van der Waals surface area contributed by atoms with Gasteiger partial charge in [-0.05, 0) is 74.0 Å². The first kappa shape index (κ1) is 28.4. The second kappa shape index (κ2) is 11.4. The zero-order chi connectivity index (χ0) is 28.5. The molecule has 3 aliphatic rings. The number of halogens is 4. The van der Waals surface area contributed by atoms with Crippen molar-refractivity contribution in [3.8, 4) is 16.9 Å². The van der Waals surface area contributed by atoms with Gasteiger partial charge in [0.25, 0.3) is 5.91 Å². The van der Waals surface area contributed by atoms with Gasteiger partial charge < -0.3 is 19.6 Å². The van der Waals surface area contributed by atoms with E-state index in [0.717, 1.165) is 23.3 Å². The number of likely N-dealkylation sites (tertiary alicyclic amines) is 2. The highest BCUT2D eigenvalue weighted by atomic mass is 19.4. The van der Waals surface area contributed by atoms with E-state index in [1.165, 1.54) is 0 Å². The van der Waals surface area contributed by atoms with Gasteiger partial charge in [-0.1, -0.05) is 36.8 Å². The van der Waals surface area contributed by atoms with Crippen molar-refractivity contribution in [3.63, 3.8) is 0 Å². The molecule has 2 aliphatic heterocycles. The molecule has 1 aliphatic carbocycles. The molecule has 40 heavy (non-hydrogen) atoms. The molecule has 0 unspecified atom stereocenters. The first-order chi connectivity index (χ1) is 19.1. The monoisotopic (exact) mass is 562 g/mol. The first-order valence-corrected chi connectivity index (χ1v) is 13.9. The molecule has 1 amide bonds. The van der Waals surface area contributed by atoms with Crippen LogP contribution in [-0.4, -0.2) is 78.0 Å². The van der Waals surface area contributed by atoms with Gasteiger partial charge in [0.05, 0.1) is 18.6 Å². The Hall–Kier alpha value is -3.14. The van der Waals surface area contributed by atoms with Crippen molar-refractivity contribution in [2.45, 2.75) is 56.9 Å². The van der Waals surface area contributed by atoms with E-state index >= 15 is 0 Å². The lowest BCUT2D eigenvalue weighted by Gasteiger charge is -2.47. The third-order valence-electron chi connectivity index (χ3n) is 8.75. The Morgan fingerprint density at radius 2 is 1.70 bits per heavy atom. The Labute approximate surface area is 230 Å². The number of carboxylic acids is 1. The number of carboxylic acid groups (broad SMARTS) is 1. The normalized spacial score (nSPS) is 23.6. The molecular formula is C30H34F4N2O4. The number of hydrogen-bond donors (Lipinski definition) is 1. The van der Waals surface area contributed by atoms with Crippen LogP contribution in [0.2, 0.25) is 0 Å². The number of carbonyl (C=O) groups is 2. The van der Waals surface area contributed by atoms with Crippen LogP contribution in [-0.2, 0) is 4.79 Å². The average molecular weight is 563 g/mol. The Bertz CT molecular complexity index is 1210. The SMILES string of the molecule is O=C(O)[C@@H]1C[C@H](F)CN1C(=O)c1ccccc1-c1ccc(OCC2CCN(CC3(C(F)(F)F)CCC3)CC2)cc1. The molecule has 6 nitrogen and oxygen atoms in total. The van der Waals surface area contributed by atoms with Crippen LogP contribution in [0, 0.1) is 11.3 Å². The van der Waals surface area contributed by atoms with Crippen molar-refractivity contribution in [2.75, 3.05) is 32.8 Å². The van der Waals surface area contributed by atoms with Gasteiger partial charge in [-0.25, -0.2) is 9.18 Å². The summed E-state index contributed by atoms with van der Waals surface area (Å²) >= 11 is 0. The van der Waals surface area contributed by atoms with Gasteiger partial charge in [0.1, 0.15) is 18.0 Å². The fraction of sp³-hybridized carbons (Fsp3) is 0.533. The van der Waals surface area contributed by atoms with Crippen molar-refractivity contribution < 1.29 is 37.0 Å². The van der Waals surface area contributed by atoms with Gasteiger partial charge >= 0.3 is 12.1 Å². The lowest BCUT2D eigenvalue weighted by Crippen LogP contribution is -2.53. The van der Waals surface area contributed by atoms with E-state index < -0.39 is 35.7 Å². The topological polar surface area (TPSA) is 70.1 Å². The second-order valence-electron chi connectivity index (χ2n) is 11.4. The maximum absolute atomic E-state index is 14.0. The van der Waals surface area contributed by atoms with Gasteiger partial charge in [-0.15, -0.1) is 0 Å². The minimum atomic E-state index is -4.14. The van der Waals surface area contributed by atoms with Gasteiger partial charge in [0, 0.05) is 18.5 Å². The number of amides is 1. The maximum Gasteiger partial charge on any atom is 0.395 e. The predicted molar refractivity (Wildman–Crippen MR) is 141 cm³/mol. The van der Waals surface area contributed by atoms with E-state index in [9.17, 15) is 32.3 Å². The van der Waals surface area contributed by atoms with Crippen LogP contribution < -0.4 is 4.74 Å². The van der Waals surface area contributed by atoms with E-state index in [2.05, 4.69) is 0 Å². The summed E-state index contributed by atoms with van der Waals surface area (Å²) in [5.74, 6) is -0.833. The molecule has 216 valence electrons. The Kier molecular flexibility index (Phi) is 8.08. The summed E-state index contributed by atoms with van der Waals surface area (Å²) in [6.45, 7) is 1.59. The molecule has 2 aromatic rings. The van der Waals surface area contributed by atoms with Crippen LogP contribution in [0.15, 0.2) is 48.5 Å². The third-order valence-corrected chi connectivity index (χ3v) is 8.75. The molecule has 5 rings (SSSR count). The van der Waals surface area contributed by atoms with Crippen LogP contribution >= 0.6 is 0 Å². The van der Waals surface area contributed by atoms with Crippen molar-refractivity contribution in [3.05, 3.63) is 54.1 Å². The molecule has 2 heterocycles. The predicted octanol–water partition coefficient (Wildman–Crippen LogP) is 5.81. The number of benzene rings is 2. The molecule has 2 atom stereocenters. The van der Waals surface area contributed by atoms with Crippen LogP contribution in [0.3, 0.4) is 0 Å².